The standard InChI is InChI=1S/C16H20N4O3/c1-20(10-14-11-22-6-7-23-14)16-18-15(9-17-19-16)12-4-3-5-13(8-12)21-2/h3-5,8-9,14H,6-7,10-11H2,1-2H3/t14-/m0/s1. The largest absolute Gasteiger partial charge is 0.497 e. The summed E-state index contributed by atoms with van der Waals surface area (Å²) >= 11 is 0. The third-order valence-corrected chi connectivity index (χ3v) is 3.62. The molecule has 0 saturated carbocycles. The fourth-order valence-corrected chi connectivity index (χ4v) is 2.41. The maximum atomic E-state index is 5.66. The maximum Gasteiger partial charge on any atom is 0.245 e. The molecule has 2 aromatic rings. The molecule has 0 bridgehead atoms. The molecule has 1 atom stereocenters. The molecule has 1 aromatic heterocycles. The van der Waals surface area contributed by atoms with Gasteiger partial charge in [0.1, 0.15) is 5.75 Å². The smallest absolute Gasteiger partial charge is 0.245 e. The van der Waals surface area contributed by atoms with Crippen LogP contribution in [0.5, 0.6) is 5.75 Å². The Bertz CT molecular complexity index is 647. The molecule has 0 N–H and O–H groups in total. The van der Waals surface area contributed by atoms with E-state index in [1.165, 1.54) is 0 Å². The van der Waals surface area contributed by atoms with E-state index in [2.05, 4.69) is 15.2 Å². The summed E-state index contributed by atoms with van der Waals surface area (Å²) < 4.78 is 16.3. The van der Waals surface area contributed by atoms with Gasteiger partial charge in [0.05, 0.1) is 44.9 Å². The second-order valence-electron chi connectivity index (χ2n) is 5.32. The van der Waals surface area contributed by atoms with Gasteiger partial charge in [0.25, 0.3) is 0 Å². The zero-order valence-corrected chi connectivity index (χ0v) is 13.3. The molecule has 0 radical (unpaired) electrons. The van der Waals surface area contributed by atoms with Gasteiger partial charge < -0.3 is 19.1 Å². The third-order valence-electron chi connectivity index (χ3n) is 3.62. The highest BCUT2D eigenvalue weighted by atomic mass is 16.6. The van der Waals surface area contributed by atoms with E-state index < -0.39 is 0 Å². The van der Waals surface area contributed by atoms with Crippen LogP contribution in [0.25, 0.3) is 11.3 Å². The van der Waals surface area contributed by atoms with Gasteiger partial charge >= 0.3 is 0 Å². The van der Waals surface area contributed by atoms with Crippen molar-refractivity contribution in [3.63, 3.8) is 0 Å². The van der Waals surface area contributed by atoms with E-state index in [9.17, 15) is 0 Å². The summed E-state index contributed by atoms with van der Waals surface area (Å²) in [6.45, 7) is 2.53. The lowest BCUT2D eigenvalue weighted by Crippen LogP contribution is -2.39. The van der Waals surface area contributed by atoms with Crippen LogP contribution >= 0.6 is 0 Å². The monoisotopic (exact) mass is 316 g/mol. The molecule has 0 unspecified atom stereocenters. The fraction of sp³-hybridized carbons (Fsp3) is 0.438. The van der Waals surface area contributed by atoms with Crippen molar-refractivity contribution >= 4 is 5.95 Å². The molecule has 1 aliphatic rings. The van der Waals surface area contributed by atoms with Crippen molar-refractivity contribution in [2.75, 3.05) is 45.4 Å². The van der Waals surface area contributed by atoms with Gasteiger partial charge in [0, 0.05) is 19.2 Å². The summed E-state index contributed by atoms with van der Waals surface area (Å²) in [5, 5.41) is 8.17. The van der Waals surface area contributed by atoms with Crippen LogP contribution in [-0.2, 0) is 9.47 Å². The summed E-state index contributed by atoms with van der Waals surface area (Å²) in [6, 6.07) is 7.71. The minimum Gasteiger partial charge on any atom is -0.497 e. The Morgan fingerprint density at radius 2 is 2.26 bits per heavy atom. The topological polar surface area (TPSA) is 69.6 Å². The van der Waals surface area contributed by atoms with E-state index in [4.69, 9.17) is 14.2 Å². The predicted octanol–water partition coefficient (Wildman–Crippen LogP) is 1.40. The molecule has 2 heterocycles. The number of nitrogens with zero attached hydrogens (tertiary/aromatic N) is 4. The van der Waals surface area contributed by atoms with Crippen LogP contribution in [0.4, 0.5) is 5.95 Å². The van der Waals surface area contributed by atoms with Crippen molar-refractivity contribution in [2.24, 2.45) is 0 Å². The summed E-state index contributed by atoms with van der Waals surface area (Å²) in [7, 11) is 3.56. The molecule has 7 nitrogen and oxygen atoms in total. The van der Waals surface area contributed by atoms with Crippen molar-refractivity contribution in [3.05, 3.63) is 30.5 Å². The molecule has 1 fully saturated rings. The molecule has 0 amide bonds. The van der Waals surface area contributed by atoms with Crippen LogP contribution < -0.4 is 9.64 Å². The summed E-state index contributed by atoms with van der Waals surface area (Å²) in [4.78, 5) is 6.51. The second kappa shape index (κ2) is 7.34. The van der Waals surface area contributed by atoms with E-state index in [1.807, 2.05) is 36.2 Å². The molecule has 122 valence electrons. The maximum absolute atomic E-state index is 5.66. The number of rotatable bonds is 5. The minimum atomic E-state index is 0.0258. The van der Waals surface area contributed by atoms with Crippen LogP contribution in [0.3, 0.4) is 0 Å². The van der Waals surface area contributed by atoms with Crippen molar-refractivity contribution < 1.29 is 14.2 Å². The second-order valence-corrected chi connectivity index (χ2v) is 5.32. The Morgan fingerprint density at radius 3 is 3.04 bits per heavy atom. The highest BCUT2D eigenvalue weighted by Gasteiger charge is 2.18. The third kappa shape index (κ3) is 3.94. The van der Waals surface area contributed by atoms with Gasteiger partial charge in [-0.2, -0.15) is 5.10 Å². The first-order chi connectivity index (χ1) is 11.3. The number of anilines is 1. The molecule has 7 heteroatoms. The zero-order valence-electron chi connectivity index (χ0n) is 13.3. The van der Waals surface area contributed by atoms with Gasteiger partial charge in [-0.3, -0.25) is 0 Å². The SMILES string of the molecule is COc1cccc(-c2cnnc(N(C)C[C@H]3COCCO3)n2)c1. The van der Waals surface area contributed by atoms with Crippen LogP contribution in [-0.4, -0.2) is 61.8 Å². The number of benzene rings is 1. The highest BCUT2D eigenvalue weighted by Crippen LogP contribution is 2.22. The average Bonchev–Trinajstić information content (AvgIpc) is 2.63. The molecule has 0 aliphatic carbocycles. The van der Waals surface area contributed by atoms with Gasteiger partial charge in [-0.05, 0) is 12.1 Å². The number of hydrogen-bond acceptors (Lipinski definition) is 7. The molecular formula is C16H20N4O3. The minimum absolute atomic E-state index is 0.0258. The van der Waals surface area contributed by atoms with E-state index in [-0.39, 0.29) is 6.10 Å². The van der Waals surface area contributed by atoms with Gasteiger partial charge in [-0.25, -0.2) is 4.98 Å². The van der Waals surface area contributed by atoms with E-state index in [0.717, 1.165) is 17.0 Å². The summed E-state index contributed by atoms with van der Waals surface area (Å²) in [6.07, 6.45) is 1.67. The molecule has 0 spiro atoms. The molecule has 23 heavy (non-hydrogen) atoms. The Morgan fingerprint density at radius 1 is 1.35 bits per heavy atom. The summed E-state index contributed by atoms with van der Waals surface area (Å²) in [5.41, 5.74) is 1.69. The van der Waals surface area contributed by atoms with Crippen LogP contribution in [0.1, 0.15) is 0 Å². The van der Waals surface area contributed by atoms with Gasteiger partial charge in [0.2, 0.25) is 5.95 Å². The van der Waals surface area contributed by atoms with E-state index in [0.29, 0.717) is 32.3 Å². The molecule has 1 saturated heterocycles. The van der Waals surface area contributed by atoms with Crippen molar-refractivity contribution in [2.45, 2.75) is 6.10 Å². The lowest BCUT2D eigenvalue weighted by atomic mass is 10.1. The van der Waals surface area contributed by atoms with E-state index in [1.54, 1.807) is 13.3 Å². The molecule has 1 aliphatic heterocycles. The van der Waals surface area contributed by atoms with Crippen LogP contribution in [0.15, 0.2) is 30.5 Å². The van der Waals surface area contributed by atoms with Gasteiger partial charge in [-0.15, -0.1) is 5.10 Å². The lowest BCUT2D eigenvalue weighted by Gasteiger charge is -2.27. The summed E-state index contributed by atoms with van der Waals surface area (Å²) in [5.74, 6) is 1.34. The van der Waals surface area contributed by atoms with Crippen molar-refractivity contribution in [1.29, 1.82) is 0 Å². The highest BCUT2D eigenvalue weighted by molar-refractivity contribution is 5.61. The molecular weight excluding hydrogens is 296 g/mol. The Hall–Kier alpha value is -2.25. The first-order valence-electron chi connectivity index (χ1n) is 7.51. The Balaban J connectivity index is 1.75. The quantitative estimate of drug-likeness (QED) is 0.825. The lowest BCUT2D eigenvalue weighted by molar-refractivity contribution is -0.0838. The number of methoxy groups -OCH3 is 1. The number of aromatic nitrogens is 3. The van der Waals surface area contributed by atoms with Crippen molar-refractivity contribution in [1.82, 2.24) is 15.2 Å². The van der Waals surface area contributed by atoms with Gasteiger partial charge in [0.15, 0.2) is 0 Å². The van der Waals surface area contributed by atoms with Crippen molar-refractivity contribution in [3.8, 4) is 17.0 Å². The first kappa shape index (κ1) is 15.6. The number of ether oxygens (including phenoxy) is 3. The predicted molar refractivity (Wildman–Crippen MR) is 85.6 cm³/mol. The Kier molecular flexibility index (Phi) is 4.99. The zero-order chi connectivity index (χ0) is 16.1. The first-order valence-corrected chi connectivity index (χ1v) is 7.51. The number of likely N-dealkylation sites (N-methyl/N-ethyl adjacent to an activating group) is 1. The number of hydrogen-bond donors (Lipinski definition) is 0. The molecule has 3 rings (SSSR count). The molecule has 1 aromatic carbocycles. The van der Waals surface area contributed by atoms with E-state index >= 15 is 0 Å². The van der Waals surface area contributed by atoms with Crippen LogP contribution in [0.2, 0.25) is 0 Å². The normalized spacial score (nSPS) is 17.7. The fourth-order valence-electron chi connectivity index (χ4n) is 2.41. The Labute approximate surface area is 135 Å². The van der Waals surface area contributed by atoms with Crippen LogP contribution in [0, 0.1) is 0 Å². The van der Waals surface area contributed by atoms with Gasteiger partial charge in [-0.1, -0.05) is 12.1 Å². The average molecular weight is 316 g/mol.